The van der Waals surface area contributed by atoms with E-state index in [0.29, 0.717) is 17.9 Å². The molecule has 0 saturated heterocycles. The molecule has 0 aliphatic heterocycles. The molecule has 2 aromatic rings. The molecule has 5 heteroatoms. The predicted octanol–water partition coefficient (Wildman–Crippen LogP) is 4.23. The predicted molar refractivity (Wildman–Crippen MR) is 84.8 cm³/mol. The van der Waals surface area contributed by atoms with E-state index in [9.17, 15) is 4.39 Å². The summed E-state index contributed by atoms with van der Waals surface area (Å²) in [5, 5.41) is 3.19. The lowest BCUT2D eigenvalue weighted by molar-refractivity contribution is 0.303. The summed E-state index contributed by atoms with van der Waals surface area (Å²) < 4.78 is 20.6. The standard InChI is InChI=1S/C16H18BrFN2O/c1-3-20-11(2)15-5-4-14(7-16(15)18)21-10-12-6-13(17)9-19-8-12/h4-9,11,20H,3,10H2,1-2H3. The van der Waals surface area contributed by atoms with Gasteiger partial charge in [-0.05, 0) is 41.5 Å². The molecule has 0 bridgehead atoms. The van der Waals surface area contributed by atoms with Gasteiger partial charge in [-0.15, -0.1) is 0 Å². The van der Waals surface area contributed by atoms with Crippen LogP contribution in [0.15, 0.2) is 41.1 Å². The van der Waals surface area contributed by atoms with Gasteiger partial charge in [0.1, 0.15) is 18.2 Å². The van der Waals surface area contributed by atoms with E-state index in [4.69, 9.17) is 4.74 Å². The fourth-order valence-corrected chi connectivity index (χ4v) is 2.48. The van der Waals surface area contributed by atoms with Crippen LogP contribution in [-0.2, 0) is 6.61 Å². The van der Waals surface area contributed by atoms with Gasteiger partial charge in [0.05, 0.1) is 0 Å². The summed E-state index contributed by atoms with van der Waals surface area (Å²) in [6.45, 7) is 5.09. The topological polar surface area (TPSA) is 34.1 Å². The summed E-state index contributed by atoms with van der Waals surface area (Å²) in [6, 6.07) is 6.88. The van der Waals surface area contributed by atoms with Gasteiger partial charge < -0.3 is 10.1 Å². The maximum absolute atomic E-state index is 14.1. The largest absolute Gasteiger partial charge is 0.489 e. The summed E-state index contributed by atoms with van der Waals surface area (Å²) in [5.41, 5.74) is 1.57. The number of hydrogen-bond acceptors (Lipinski definition) is 3. The Morgan fingerprint density at radius 1 is 1.33 bits per heavy atom. The molecule has 0 spiro atoms. The number of aromatic nitrogens is 1. The lowest BCUT2D eigenvalue weighted by Crippen LogP contribution is -2.18. The maximum atomic E-state index is 14.1. The SMILES string of the molecule is CCNC(C)c1ccc(OCc2cncc(Br)c2)cc1F. The number of hydrogen-bond donors (Lipinski definition) is 1. The second-order valence-corrected chi connectivity index (χ2v) is 5.68. The van der Waals surface area contributed by atoms with E-state index in [1.807, 2.05) is 19.9 Å². The van der Waals surface area contributed by atoms with Crippen molar-refractivity contribution in [2.75, 3.05) is 6.54 Å². The minimum Gasteiger partial charge on any atom is -0.489 e. The van der Waals surface area contributed by atoms with Crippen LogP contribution in [0.4, 0.5) is 4.39 Å². The molecule has 21 heavy (non-hydrogen) atoms. The van der Waals surface area contributed by atoms with Crippen molar-refractivity contribution in [3.8, 4) is 5.75 Å². The third-order valence-electron chi connectivity index (χ3n) is 3.12. The van der Waals surface area contributed by atoms with Crippen molar-refractivity contribution in [3.05, 3.63) is 58.1 Å². The van der Waals surface area contributed by atoms with Crippen molar-refractivity contribution in [1.82, 2.24) is 10.3 Å². The van der Waals surface area contributed by atoms with Crippen LogP contribution in [0.3, 0.4) is 0 Å². The van der Waals surface area contributed by atoms with Gasteiger partial charge in [0.15, 0.2) is 0 Å². The average molecular weight is 353 g/mol. The Bertz CT molecular complexity index is 607. The molecule has 0 saturated carbocycles. The highest BCUT2D eigenvalue weighted by Gasteiger charge is 2.10. The van der Waals surface area contributed by atoms with Crippen LogP contribution in [0.2, 0.25) is 0 Å². The Morgan fingerprint density at radius 2 is 2.14 bits per heavy atom. The van der Waals surface area contributed by atoms with E-state index < -0.39 is 0 Å². The number of nitrogens with one attached hydrogen (secondary N) is 1. The normalized spacial score (nSPS) is 12.2. The fourth-order valence-electron chi connectivity index (χ4n) is 2.07. The third kappa shape index (κ3) is 4.51. The monoisotopic (exact) mass is 352 g/mol. The van der Waals surface area contributed by atoms with E-state index in [0.717, 1.165) is 16.6 Å². The van der Waals surface area contributed by atoms with Crippen LogP contribution >= 0.6 is 15.9 Å². The van der Waals surface area contributed by atoms with Gasteiger partial charge in [0.2, 0.25) is 0 Å². The van der Waals surface area contributed by atoms with E-state index in [2.05, 4.69) is 26.2 Å². The fraction of sp³-hybridized carbons (Fsp3) is 0.312. The number of rotatable bonds is 6. The second kappa shape index (κ2) is 7.52. The highest BCUT2D eigenvalue weighted by atomic mass is 79.9. The zero-order valence-corrected chi connectivity index (χ0v) is 13.7. The maximum Gasteiger partial charge on any atom is 0.131 e. The molecule has 1 N–H and O–H groups in total. The summed E-state index contributed by atoms with van der Waals surface area (Å²) in [4.78, 5) is 4.06. The Hall–Kier alpha value is -1.46. The van der Waals surface area contributed by atoms with Crippen LogP contribution in [0.25, 0.3) is 0 Å². The molecule has 0 aliphatic rings. The van der Waals surface area contributed by atoms with Gasteiger partial charge >= 0.3 is 0 Å². The third-order valence-corrected chi connectivity index (χ3v) is 3.55. The van der Waals surface area contributed by atoms with Gasteiger partial charge in [-0.2, -0.15) is 0 Å². The Morgan fingerprint density at radius 3 is 2.81 bits per heavy atom. The lowest BCUT2D eigenvalue weighted by Gasteiger charge is -2.14. The van der Waals surface area contributed by atoms with E-state index in [1.165, 1.54) is 6.07 Å². The lowest BCUT2D eigenvalue weighted by atomic mass is 10.1. The van der Waals surface area contributed by atoms with E-state index in [1.54, 1.807) is 24.5 Å². The first-order valence-electron chi connectivity index (χ1n) is 6.85. The van der Waals surface area contributed by atoms with E-state index >= 15 is 0 Å². The highest BCUT2D eigenvalue weighted by Crippen LogP contribution is 2.22. The Labute approximate surface area is 132 Å². The summed E-state index contributed by atoms with van der Waals surface area (Å²) in [6.07, 6.45) is 3.43. The zero-order valence-electron chi connectivity index (χ0n) is 12.1. The Balaban J connectivity index is 2.03. The molecular formula is C16H18BrFN2O. The van der Waals surface area contributed by atoms with Crippen molar-refractivity contribution in [1.29, 1.82) is 0 Å². The van der Waals surface area contributed by atoms with Gasteiger partial charge in [0, 0.05) is 40.1 Å². The molecule has 2 rings (SSSR count). The molecule has 1 heterocycles. The number of nitrogens with zero attached hydrogens (tertiary/aromatic N) is 1. The molecule has 1 aromatic heterocycles. The highest BCUT2D eigenvalue weighted by molar-refractivity contribution is 9.10. The second-order valence-electron chi connectivity index (χ2n) is 4.76. The van der Waals surface area contributed by atoms with Gasteiger partial charge in [-0.3, -0.25) is 4.98 Å². The van der Waals surface area contributed by atoms with Crippen molar-refractivity contribution in [2.24, 2.45) is 0 Å². The summed E-state index contributed by atoms with van der Waals surface area (Å²) in [7, 11) is 0. The quantitative estimate of drug-likeness (QED) is 0.844. The number of ether oxygens (including phenoxy) is 1. The average Bonchev–Trinajstić information content (AvgIpc) is 2.45. The van der Waals surface area contributed by atoms with Crippen LogP contribution < -0.4 is 10.1 Å². The molecule has 1 unspecified atom stereocenters. The van der Waals surface area contributed by atoms with E-state index in [-0.39, 0.29) is 11.9 Å². The van der Waals surface area contributed by atoms with Crippen molar-refractivity contribution >= 4 is 15.9 Å². The minimum absolute atomic E-state index is 0.0154. The summed E-state index contributed by atoms with van der Waals surface area (Å²) >= 11 is 3.36. The van der Waals surface area contributed by atoms with Crippen LogP contribution in [0.1, 0.15) is 31.0 Å². The van der Waals surface area contributed by atoms with Gasteiger partial charge in [-0.25, -0.2) is 4.39 Å². The van der Waals surface area contributed by atoms with Crippen LogP contribution in [0.5, 0.6) is 5.75 Å². The Kier molecular flexibility index (Phi) is 5.70. The first kappa shape index (κ1) is 15.9. The number of halogens is 2. The van der Waals surface area contributed by atoms with Crippen molar-refractivity contribution < 1.29 is 9.13 Å². The zero-order chi connectivity index (χ0) is 15.2. The molecule has 1 atom stereocenters. The molecular weight excluding hydrogens is 335 g/mol. The number of pyridine rings is 1. The van der Waals surface area contributed by atoms with Crippen molar-refractivity contribution in [3.63, 3.8) is 0 Å². The summed E-state index contributed by atoms with van der Waals surface area (Å²) in [5.74, 6) is 0.258. The molecule has 0 aliphatic carbocycles. The molecule has 112 valence electrons. The van der Waals surface area contributed by atoms with Crippen LogP contribution in [0, 0.1) is 5.82 Å². The first-order valence-corrected chi connectivity index (χ1v) is 7.64. The van der Waals surface area contributed by atoms with Crippen molar-refractivity contribution in [2.45, 2.75) is 26.5 Å². The van der Waals surface area contributed by atoms with Gasteiger partial charge in [-0.1, -0.05) is 13.0 Å². The molecule has 0 amide bonds. The molecule has 0 radical (unpaired) electrons. The first-order chi connectivity index (χ1) is 10.1. The smallest absolute Gasteiger partial charge is 0.131 e. The van der Waals surface area contributed by atoms with Gasteiger partial charge in [0.25, 0.3) is 0 Å². The molecule has 1 aromatic carbocycles. The minimum atomic E-state index is -0.256. The molecule has 0 fully saturated rings. The van der Waals surface area contributed by atoms with Crippen LogP contribution in [-0.4, -0.2) is 11.5 Å². The number of benzene rings is 1. The molecule has 3 nitrogen and oxygen atoms in total.